The van der Waals surface area contributed by atoms with Crippen molar-refractivity contribution >= 4 is 21.1 Å². The SMILES string of the molecule is CN=CC(=NN)S(=O)(=O)c1ccc(C#N)cc1. The first-order valence-electron chi connectivity index (χ1n) is 4.51. The van der Waals surface area contributed by atoms with Crippen LogP contribution in [0.4, 0.5) is 0 Å². The maximum Gasteiger partial charge on any atom is 0.227 e. The zero-order chi connectivity index (χ0) is 12.9. The van der Waals surface area contributed by atoms with E-state index in [-0.39, 0.29) is 9.94 Å². The van der Waals surface area contributed by atoms with Gasteiger partial charge in [0, 0.05) is 7.05 Å². The fourth-order valence-corrected chi connectivity index (χ4v) is 2.23. The Morgan fingerprint density at radius 3 is 2.41 bits per heavy atom. The maximum absolute atomic E-state index is 12.0. The average Bonchev–Trinajstić information content (AvgIpc) is 2.35. The number of aliphatic imine (C=N–C) groups is 1. The third kappa shape index (κ3) is 2.68. The zero-order valence-electron chi connectivity index (χ0n) is 9.03. The molecule has 7 heteroatoms. The quantitative estimate of drug-likeness (QED) is 0.352. The number of nitrogens with zero attached hydrogens (tertiary/aromatic N) is 3. The summed E-state index contributed by atoms with van der Waals surface area (Å²) < 4.78 is 23.9. The minimum absolute atomic E-state index is 0.0144. The van der Waals surface area contributed by atoms with Gasteiger partial charge in [-0.3, -0.25) is 4.99 Å². The largest absolute Gasteiger partial charge is 0.322 e. The Hall–Kier alpha value is -2.20. The maximum atomic E-state index is 12.0. The van der Waals surface area contributed by atoms with Crippen molar-refractivity contribution in [3.63, 3.8) is 0 Å². The normalized spacial score (nSPS) is 12.6. The number of hydrazone groups is 1. The van der Waals surface area contributed by atoms with E-state index in [2.05, 4.69) is 10.1 Å². The van der Waals surface area contributed by atoms with Crippen LogP contribution in [0.15, 0.2) is 39.3 Å². The number of nitriles is 1. The smallest absolute Gasteiger partial charge is 0.227 e. The van der Waals surface area contributed by atoms with Gasteiger partial charge in [0.1, 0.15) is 0 Å². The highest BCUT2D eigenvalue weighted by molar-refractivity contribution is 8.08. The van der Waals surface area contributed by atoms with E-state index in [1.54, 1.807) is 0 Å². The predicted octanol–water partition coefficient (Wildman–Crippen LogP) is 0.305. The van der Waals surface area contributed by atoms with Gasteiger partial charge in [-0.05, 0) is 24.3 Å². The summed E-state index contributed by atoms with van der Waals surface area (Å²) >= 11 is 0. The molecule has 6 nitrogen and oxygen atoms in total. The number of nitrogens with two attached hydrogens (primary N) is 1. The summed E-state index contributed by atoms with van der Waals surface area (Å²) in [6.45, 7) is 0. The van der Waals surface area contributed by atoms with Crippen LogP contribution >= 0.6 is 0 Å². The molecule has 0 atom stereocenters. The van der Waals surface area contributed by atoms with Crippen LogP contribution in [0.25, 0.3) is 0 Å². The van der Waals surface area contributed by atoms with Gasteiger partial charge in [0.25, 0.3) is 0 Å². The molecule has 0 spiro atoms. The van der Waals surface area contributed by atoms with Crippen LogP contribution in [0.2, 0.25) is 0 Å². The van der Waals surface area contributed by atoms with Crippen molar-refractivity contribution in [2.75, 3.05) is 7.05 Å². The summed E-state index contributed by atoms with van der Waals surface area (Å²) in [6, 6.07) is 7.36. The highest BCUT2D eigenvalue weighted by Gasteiger charge is 2.20. The highest BCUT2D eigenvalue weighted by Crippen LogP contribution is 2.13. The lowest BCUT2D eigenvalue weighted by molar-refractivity contribution is 0.607. The molecule has 0 saturated carbocycles. The zero-order valence-corrected chi connectivity index (χ0v) is 9.85. The second kappa shape index (κ2) is 5.23. The molecule has 0 aliphatic rings. The van der Waals surface area contributed by atoms with Gasteiger partial charge < -0.3 is 5.84 Å². The summed E-state index contributed by atoms with van der Waals surface area (Å²) in [5.74, 6) is 5.00. The molecule has 0 radical (unpaired) electrons. The molecule has 17 heavy (non-hydrogen) atoms. The van der Waals surface area contributed by atoms with Crippen molar-refractivity contribution < 1.29 is 8.42 Å². The van der Waals surface area contributed by atoms with Gasteiger partial charge in [-0.25, -0.2) is 8.42 Å². The molecule has 0 heterocycles. The molecule has 1 aromatic carbocycles. The van der Waals surface area contributed by atoms with Gasteiger partial charge in [-0.1, -0.05) is 0 Å². The van der Waals surface area contributed by atoms with E-state index in [9.17, 15) is 8.42 Å². The molecule has 0 saturated heterocycles. The lowest BCUT2D eigenvalue weighted by atomic mass is 10.2. The van der Waals surface area contributed by atoms with Crippen molar-refractivity contribution in [1.29, 1.82) is 5.26 Å². The first-order chi connectivity index (χ1) is 8.06. The lowest BCUT2D eigenvalue weighted by Gasteiger charge is -2.02. The van der Waals surface area contributed by atoms with E-state index in [4.69, 9.17) is 11.1 Å². The van der Waals surface area contributed by atoms with Crippen molar-refractivity contribution in [1.82, 2.24) is 0 Å². The molecule has 0 aliphatic carbocycles. The summed E-state index contributed by atoms with van der Waals surface area (Å²) in [7, 11) is -2.36. The first kappa shape index (κ1) is 12.9. The highest BCUT2D eigenvalue weighted by atomic mass is 32.2. The fraction of sp³-hybridized carbons (Fsp3) is 0.100. The lowest BCUT2D eigenvalue weighted by Crippen LogP contribution is -2.18. The first-order valence-corrected chi connectivity index (χ1v) is 6.00. The molecule has 0 aliphatic heterocycles. The van der Waals surface area contributed by atoms with E-state index in [1.807, 2.05) is 6.07 Å². The molecule has 0 amide bonds. The molecular formula is C10H10N4O2S. The summed E-state index contributed by atoms with van der Waals surface area (Å²) in [6.07, 6.45) is 1.06. The Bertz CT molecular complexity index is 594. The van der Waals surface area contributed by atoms with Crippen LogP contribution in [0.1, 0.15) is 5.56 Å². The third-order valence-corrected chi connectivity index (χ3v) is 3.59. The van der Waals surface area contributed by atoms with Crippen LogP contribution < -0.4 is 5.84 Å². The van der Waals surface area contributed by atoms with E-state index in [0.29, 0.717) is 5.56 Å². The summed E-state index contributed by atoms with van der Waals surface area (Å²) in [5.41, 5.74) is 0.374. The van der Waals surface area contributed by atoms with Crippen LogP contribution in [-0.2, 0) is 9.84 Å². The minimum Gasteiger partial charge on any atom is -0.322 e. The Balaban J connectivity index is 3.27. The summed E-state index contributed by atoms with van der Waals surface area (Å²) in [5, 5.41) is 11.5. The molecule has 88 valence electrons. The fourth-order valence-electron chi connectivity index (χ4n) is 1.11. The summed E-state index contributed by atoms with van der Waals surface area (Å²) in [4.78, 5) is 3.58. The van der Waals surface area contributed by atoms with Gasteiger partial charge in [-0.15, -0.1) is 0 Å². The van der Waals surface area contributed by atoms with Crippen LogP contribution in [-0.4, -0.2) is 26.7 Å². The van der Waals surface area contributed by atoms with Crippen molar-refractivity contribution in [3.05, 3.63) is 29.8 Å². The van der Waals surface area contributed by atoms with Gasteiger partial charge in [0.2, 0.25) is 9.84 Å². The molecule has 1 rings (SSSR count). The average molecular weight is 250 g/mol. The van der Waals surface area contributed by atoms with Gasteiger partial charge in [-0.2, -0.15) is 10.4 Å². The van der Waals surface area contributed by atoms with Crippen LogP contribution in [0.3, 0.4) is 0 Å². The number of hydrogen-bond acceptors (Lipinski definition) is 6. The topological polar surface area (TPSA) is 109 Å². The Labute approximate surface area is 99.0 Å². The Morgan fingerprint density at radius 2 is 2.00 bits per heavy atom. The van der Waals surface area contributed by atoms with Crippen molar-refractivity contribution in [2.24, 2.45) is 15.9 Å². The second-order valence-corrected chi connectivity index (χ2v) is 4.89. The molecule has 1 aromatic rings. The van der Waals surface area contributed by atoms with Crippen molar-refractivity contribution in [2.45, 2.75) is 4.90 Å². The molecule has 0 fully saturated rings. The number of benzene rings is 1. The standard InChI is InChI=1S/C10H10N4O2S/c1-13-7-10(14-12)17(15,16)9-4-2-8(6-11)3-5-9/h2-5,7H,12H2,1H3. The Morgan fingerprint density at radius 1 is 1.41 bits per heavy atom. The monoisotopic (exact) mass is 250 g/mol. The molecule has 0 bridgehead atoms. The van der Waals surface area contributed by atoms with Crippen LogP contribution in [0, 0.1) is 11.3 Å². The van der Waals surface area contributed by atoms with Gasteiger partial charge in [0.15, 0.2) is 5.04 Å². The molecule has 0 aromatic heterocycles. The van der Waals surface area contributed by atoms with E-state index < -0.39 is 9.84 Å². The predicted molar refractivity (Wildman–Crippen MR) is 64.4 cm³/mol. The second-order valence-electron chi connectivity index (χ2n) is 2.99. The number of sulfone groups is 1. The van der Waals surface area contributed by atoms with Gasteiger partial charge in [0.05, 0.1) is 22.7 Å². The molecule has 2 N–H and O–H groups in total. The van der Waals surface area contributed by atoms with Crippen LogP contribution in [0.5, 0.6) is 0 Å². The molecule has 0 unspecified atom stereocenters. The van der Waals surface area contributed by atoms with E-state index in [0.717, 1.165) is 6.21 Å². The van der Waals surface area contributed by atoms with Gasteiger partial charge >= 0.3 is 0 Å². The van der Waals surface area contributed by atoms with E-state index in [1.165, 1.54) is 31.3 Å². The minimum atomic E-state index is -3.77. The third-order valence-electron chi connectivity index (χ3n) is 1.94. The van der Waals surface area contributed by atoms with E-state index >= 15 is 0 Å². The Kier molecular flexibility index (Phi) is 3.96. The van der Waals surface area contributed by atoms with Crippen molar-refractivity contribution in [3.8, 4) is 6.07 Å². The number of rotatable bonds is 2. The number of hydrogen-bond donors (Lipinski definition) is 1. The molecular weight excluding hydrogens is 240 g/mol.